The van der Waals surface area contributed by atoms with Crippen molar-refractivity contribution in [2.24, 2.45) is 0 Å². The molecule has 0 aliphatic carbocycles. The fraction of sp³-hybridized carbons (Fsp3) is 0.667. The number of piperazine rings is 1. The molecule has 0 radical (unpaired) electrons. The molecule has 0 bridgehead atoms. The third-order valence-electron chi connectivity index (χ3n) is 5.20. The SMILES string of the molecule is CCC1CCCCN1C(=O)c1cncc(N2CCN(C)CC2)c1. The minimum Gasteiger partial charge on any atom is -0.368 e. The lowest BCUT2D eigenvalue weighted by Gasteiger charge is -2.36. The fourth-order valence-corrected chi connectivity index (χ4v) is 3.64. The molecule has 5 nitrogen and oxygen atoms in total. The summed E-state index contributed by atoms with van der Waals surface area (Å²) in [6.45, 7) is 7.17. The molecule has 126 valence electrons. The first-order valence-electron chi connectivity index (χ1n) is 8.88. The van der Waals surface area contributed by atoms with Crippen LogP contribution in [0.2, 0.25) is 0 Å². The van der Waals surface area contributed by atoms with Gasteiger partial charge in [0.05, 0.1) is 17.4 Å². The highest BCUT2D eigenvalue weighted by Crippen LogP contribution is 2.23. The Balaban J connectivity index is 1.75. The number of rotatable bonds is 3. The highest BCUT2D eigenvalue weighted by Gasteiger charge is 2.27. The van der Waals surface area contributed by atoms with Gasteiger partial charge in [0.1, 0.15) is 0 Å². The normalized spacial score (nSPS) is 23.1. The summed E-state index contributed by atoms with van der Waals surface area (Å²) in [7, 11) is 2.15. The Morgan fingerprint density at radius 3 is 2.70 bits per heavy atom. The molecule has 3 heterocycles. The Morgan fingerprint density at radius 1 is 1.17 bits per heavy atom. The van der Waals surface area contributed by atoms with Gasteiger partial charge in [-0.1, -0.05) is 6.92 Å². The molecule has 2 saturated heterocycles. The molecule has 1 aromatic rings. The lowest BCUT2D eigenvalue weighted by Crippen LogP contribution is -2.45. The molecule has 2 aliphatic heterocycles. The summed E-state index contributed by atoms with van der Waals surface area (Å²) >= 11 is 0. The number of amides is 1. The van der Waals surface area contributed by atoms with E-state index in [2.05, 4.69) is 33.7 Å². The van der Waals surface area contributed by atoms with Crippen molar-refractivity contribution in [1.29, 1.82) is 0 Å². The number of hydrogen-bond acceptors (Lipinski definition) is 4. The van der Waals surface area contributed by atoms with Crippen LogP contribution in [0.1, 0.15) is 43.0 Å². The van der Waals surface area contributed by atoms with Crippen LogP contribution in [-0.4, -0.2) is 66.5 Å². The van der Waals surface area contributed by atoms with Crippen molar-refractivity contribution in [2.45, 2.75) is 38.6 Å². The minimum absolute atomic E-state index is 0.153. The molecule has 0 saturated carbocycles. The van der Waals surface area contributed by atoms with Crippen molar-refractivity contribution >= 4 is 11.6 Å². The summed E-state index contributed by atoms with van der Waals surface area (Å²) in [5, 5.41) is 0. The van der Waals surface area contributed by atoms with Gasteiger partial charge in [-0.3, -0.25) is 9.78 Å². The molecule has 2 aliphatic rings. The van der Waals surface area contributed by atoms with Crippen molar-refractivity contribution in [3.63, 3.8) is 0 Å². The van der Waals surface area contributed by atoms with Crippen LogP contribution in [0.5, 0.6) is 0 Å². The van der Waals surface area contributed by atoms with E-state index in [1.165, 1.54) is 6.42 Å². The Morgan fingerprint density at radius 2 is 1.96 bits per heavy atom. The third-order valence-corrected chi connectivity index (χ3v) is 5.20. The molecule has 1 unspecified atom stereocenters. The van der Waals surface area contributed by atoms with Crippen molar-refractivity contribution in [3.05, 3.63) is 24.0 Å². The van der Waals surface area contributed by atoms with Gasteiger partial charge in [0.25, 0.3) is 5.91 Å². The predicted molar refractivity (Wildman–Crippen MR) is 92.9 cm³/mol. The van der Waals surface area contributed by atoms with E-state index < -0.39 is 0 Å². The number of carbonyl (C=O) groups is 1. The first-order chi connectivity index (χ1) is 11.2. The number of nitrogens with zero attached hydrogens (tertiary/aromatic N) is 4. The minimum atomic E-state index is 0.153. The zero-order chi connectivity index (χ0) is 16.2. The van der Waals surface area contributed by atoms with E-state index in [4.69, 9.17) is 0 Å². The lowest BCUT2D eigenvalue weighted by molar-refractivity contribution is 0.0607. The van der Waals surface area contributed by atoms with Gasteiger partial charge in [-0.15, -0.1) is 0 Å². The van der Waals surface area contributed by atoms with Gasteiger partial charge in [0.2, 0.25) is 0 Å². The lowest BCUT2D eigenvalue weighted by atomic mass is 9.99. The predicted octanol–water partition coefficient (Wildman–Crippen LogP) is 2.24. The number of carbonyl (C=O) groups excluding carboxylic acids is 1. The van der Waals surface area contributed by atoms with Gasteiger partial charge in [0, 0.05) is 45.0 Å². The first kappa shape index (κ1) is 16.2. The van der Waals surface area contributed by atoms with Crippen molar-refractivity contribution < 1.29 is 4.79 Å². The number of likely N-dealkylation sites (tertiary alicyclic amines) is 1. The van der Waals surface area contributed by atoms with Crippen LogP contribution in [0.25, 0.3) is 0 Å². The molecule has 5 heteroatoms. The van der Waals surface area contributed by atoms with Crippen LogP contribution in [0.3, 0.4) is 0 Å². The van der Waals surface area contributed by atoms with Crippen molar-refractivity contribution in [3.8, 4) is 0 Å². The van der Waals surface area contributed by atoms with E-state index in [-0.39, 0.29) is 5.91 Å². The molecular formula is C18H28N4O. The maximum atomic E-state index is 12.9. The molecule has 0 N–H and O–H groups in total. The first-order valence-corrected chi connectivity index (χ1v) is 8.88. The molecule has 0 spiro atoms. The van der Waals surface area contributed by atoms with E-state index in [0.717, 1.165) is 63.2 Å². The largest absolute Gasteiger partial charge is 0.368 e. The van der Waals surface area contributed by atoms with Gasteiger partial charge in [-0.25, -0.2) is 0 Å². The zero-order valence-corrected chi connectivity index (χ0v) is 14.4. The van der Waals surface area contributed by atoms with Crippen LogP contribution in [0.15, 0.2) is 18.5 Å². The maximum absolute atomic E-state index is 12.9. The number of aromatic nitrogens is 1. The van der Waals surface area contributed by atoms with Crippen LogP contribution in [0, 0.1) is 0 Å². The molecule has 1 aromatic heterocycles. The van der Waals surface area contributed by atoms with Crippen molar-refractivity contribution in [2.75, 3.05) is 44.7 Å². The smallest absolute Gasteiger partial charge is 0.255 e. The second-order valence-electron chi connectivity index (χ2n) is 6.78. The molecule has 1 amide bonds. The molecule has 23 heavy (non-hydrogen) atoms. The Kier molecular flexibility index (Phi) is 5.16. The zero-order valence-electron chi connectivity index (χ0n) is 14.4. The summed E-state index contributed by atoms with van der Waals surface area (Å²) in [5.41, 5.74) is 1.82. The quantitative estimate of drug-likeness (QED) is 0.857. The van der Waals surface area contributed by atoms with Crippen LogP contribution < -0.4 is 4.90 Å². The van der Waals surface area contributed by atoms with E-state index in [1.54, 1.807) is 6.20 Å². The van der Waals surface area contributed by atoms with E-state index in [1.807, 2.05) is 12.3 Å². The van der Waals surface area contributed by atoms with Gasteiger partial charge in [-0.05, 0) is 38.8 Å². The number of likely N-dealkylation sites (N-methyl/N-ethyl adjacent to an activating group) is 1. The average molecular weight is 316 g/mol. The molecule has 2 fully saturated rings. The second-order valence-corrected chi connectivity index (χ2v) is 6.78. The van der Waals surface area contributed by atoms with Crippen LogP contribution in [0.4, 0.5) is 5.69 Å². The van der Waals surface area contributed by atoms with Gasteiger partial charge < -0.3 is 14.7 Å². The third kappa shape index (κ3) is 3.66. The monoisotopic (exact) mass is 316 g/mol. The number of anilines is 1. The maximum Gasteiger partial charge on any atom is 0.255 e. The summed E-state index contributed by atoms with van der Waals surface area (Å²) < 4.78 is 0. The summed E-state index contributed by atoms with van der Waals surface area (Å²) in [6.07, 6.45) is 8.14. The number of piperidine rings is 1. The molecular weight excluding hydrogens is 288 g/mol. The number of hydrogen-bond donors (Lipinski definition) is 0. The van der Waals surface area contributed by atoms with Crippen LogP contribution >= 0.6 is 0 Å². The molecule has 1 atom stereocenters. The topological polar surface area (TPSA) is 39.7 Å². The summed E-state index contributed by atoms with van der Waals surface area (Å²) in [5.74, 6) is 0.153. The highest BCUT2D eigenvalue weighted by molar-refractivity contribution is 5.95. The standard InChI is InChI=1S/C18H28N4O/c1-3-16-6-4-5-7-22(16)18(23)15-12-17(14-19-13-15)21-10-8-20(2)9-11-21/h12-14,16H,3-11H2,1-2H3. The molecule has 3 rings (SSSR count). The second kappa shape index (κ2) is 7.30. The molecule has 0 aromatic carbocycles. The Hall–Kier alpha value is -1.62. The summed E-state index contributed by atoms with van der Waals surface area (Å²) in [6, 6.07) is 2.42. The van der Waals surface area contributed by atoms with Crippen LogP contribution in [-0.2, 0) is 0 Å². The van der Waals surface area contributed by atoms with Crippen molar-refractivity contribution in [1.82, 2.24) is 14.8 Å². The van der Waals surface area contributed by atoms with E-state index >= 15 is 0 Å². The van der Waals surface area contributed by atoms with E-state index in [9.17, 15) is 4.79 Å². The van der Waals surface area contributed by atoms with Gasteiger partial charge >= 0.3 is 0 Å². The van der Waals surface area contributed by atoms with E-state index in [0.29, 0.717) is 6.04 Å². The van der Waals surface area contributed by atoms with Gasteiger partial charge in [0.15, 0.2) is 0 Å². The highest BCUT2D eigenvalue weighted by atomic mass is 16.2. The number of pyridine rings is 1. The Labute approximate surface area is 139 Å². The average Bonchev–Trinajstić information content (AvgIpc) is 2.62. The van der Waals surface area contributed by atoms with Gasteiger partial charge in [-0.2, -0.15) is 0 Å². The fourth-order valence-electron chi connectivity index (χ4n) is 3.64. The Bertz CT molecular complexity index is 540. The summed E-state index contributed by atoms with van der Waals surface area (Å²) in [4.78, 5) is 24.0.